The van der Waals surface area contributed by atoms with Gasteiger partial charge in [-0.2, -0.15) is 4.98 Å². The van der Waals surface area contributed by atoms with Crippen molar-refractivity contribution in [2.75, 3.05) is 42.9 Å². The van der Waals surface area contributed by atoms with Crippen molar-refractivity contribution < 1.29 is 0 Å². The van der Waals surface area contributed by atoms with E-state index in [1.165, 1.54) is 0 Å². The Kier molecular flexibility index (Phi) is 4.58. The summed E-state index contributed by atoms with van der Waals surface area (Å²) in [6.45, 7) is 13.8. The van der Waals surface area contributed by atoms with Gasteiger partial charge in [0, 0.05) is 44.0 Å². The van der Waals surface area contributed by atoms with Crippen LogP contribution in [0.5, 0.6) is 0 Å². The number of piperazine rings is 1. The van der Waals surface area contributed by atoms with Gasteiger partial charge in [0.15, 0.2) is 0 Å². The first-order valence-electron chi connectivity index (χ1n) is 7.22. The maximum absolute atomic E-state index is 4.62. The quantitative estimate of drug-likeness (QED) is 0.896. The van der Waals surface area contributed by atoms with Crippen LogP contribution < -0.4 is 10.2 Å². The lowest BCUT2D eigenvalue weighted by Crippen LogP contribution is -2.52. The fourth-order valence-electron chi connectivity index (χ4n) is 2.62. The van der Waals surface area contributed by atoms with Gasteiger partial charge < -0.3 is 10.2 Å². The molecule has 1 aromatic heterocycles. The van der Waals surface area contributed by atoms with E-state index in [4.69, 9.17) is 0 Å². The van der Waals surface area contributed by atoms with Crippen molar-refractivity contribution in [1.82, 2.24) is 14.9 Å². The molecule has 0 saturated carbocycles. The van der Waals surface area contributed by atoms with Crippen LogP contribution in [0.25, 0.3) is 0 Å². The van der Waals surface area contributed by atoms with Gasteiger partial charge in [-0.05, 0) is 27.3 Å². The van der Waals surface area contributed by atoms with Crippen molar-refractivity contribution in [1.29, 1.82) is 0 Å². The fraction of sp³-hybridized carbons (Fsp3) is 0.714. The Labute approximate surface area is 116 Å². The molecule has 0 spiro atoms. The summed E-state index contributed by atoms with van der Waals surface area (Å²) in [7, 11) is 0. The zero-order valence-corrected chi connectivity index (χ0v) is 12.5. The maximum Gasteiger partial charge on any atom is 0.224 e. The summed E-state index contributed by atoms with van der Waals surface area (Å²) in [5.41, 5.74) is 1.02. The van der Waals surface area contributed by atoms with Crippen molar-refractivity contribution in [2.24, 2.45) is 0 Å². The number of nitrogens with one attached hydrogen (secondary N) is 1. The highest BCUT2D eigenvalue weighted by Gasteiger charge is 2.23. The molecule has 2 heterocycles. The van der Waals surface area contributed by atoms with Crippen molar-refractivity contribution in [3.8, 4) is 0 Å². The van der Waals surface area contributed by atoms with Crippen LogP contribution in [-0.4, -0.2) is 53.6 Å². The lowest BCUT2D eigenvalue weighted by Gasteiger charge is -2.40. The second-order valence-corrected chi connectivity index (χ2v) is 5.15. The van der Waals surface area contributed by atoms with Crippen LogP contribution >= 0.6 is 0 Å². The van der Waals surface area contributed by atoms with Crippen LogP contribution in [0.4, 0.5) is 11.8 Å². The molecule has 2 rings (SSSR count). The molecule has 1 atom stereocenters. The van der Waals surface area contributed by atoms with E-state index in [0.29, 0.717) is 6.04 Å². The van der Waals surface area contributed by atoms with Crippen LogP contribution in [0, 0.1) is 6.92 Å². The molecular weight excluding hydrogens is 238 g/mol. The van der Waals surface area contributed by atoms with Gasteiger partial charge in [-0.25, -0.2) is 4.98 Å². The molecule has 5 heteroatoms. The Morgan fingerprint density at radius 3 is 2.74 bits per heavy atom. The van der Waals surface area contributed by atoms with Crippen molar-refractivity contribution in [2.45, 2.75) is 33.7 Å². The van der Waals surface area contributed by atoms with Gasteiger partial charge >= 0.3 is 0 Å². The lowest BCUT2D eigenvalue weighted by atomic mass is 10.2. The summed E-state index contributed by atoms with van der Waals surface area (Å²) in [4.78, 5) is 13.9. The Bertz CT molecular complexity index is 420. The molecule has 1 aliphatic rings. The molecule has 1 saturated heterocycles. The van der Waals surface area contributed by atoms with Crippen molar-refractivity contribution in [3.63, 3.8) is 0 Å². The van der Waals surface area contributed by atoms with Crippen molar-refractivity contribution >= 4 is 11.8 Å². The van der Waals surface area contributed by atoms with E-state index in [1.807, 2.05) is 6.92 Å². The average molecular weight is 263 g/mol. The third kappa shape index (κ3) is 3.35. The number of rotatable bonds is 4. The smallest absolute Gasteiger partial charge is 0.224 e. The largest absolute Gasteiger partial charge is 0.354 e. The van der Waals surface area contributed by atoms with E-state index in [2.05, 4.69) is 51.9 Å². The standard InChI is InChI=1S/C14H25N5/c1-5-15-14-16-11(3)9-13(17-14)19-8-7-18(6-2)12(4)10-19/h9,12H,5-8,10H2,1-4H3,(H,15,16,17). The molecule has 19 heavy (non-hydrogen) atoms. The van der Waals surface area contributed by atoms with E-state index >= 15 is 0 Å². The van der Waals surface area contributed by atoms with Gasteiger partial charge in [0.05, 0.1) is 0 Å². The number of hydrogen-bond donors (Lipinski definition) is 1. The summed E-state index contributed by atoms with van der Waals surface area (Å²) in [6, 6.07) is 2.66. The number of hydrogen-bond acceptors (Lipinski definition) is 5. The second-order valence-electron chi connectivity index (χ2n) is 5.15. The minimum Gasteiger partial charge on any atom is -0.354 e. The highest BCUT2D eigenvalue weighted by atomic mass is 15.3. The monoisotopic (exact) mass is 263 g/mol. The number of aryl methyl sites for hydroxylation is 1. The predicted molar refractivity (Wildman–Crippen MR) is 79.9 cm³/mol. The number of aromatic nitrogens is 2. The van der Waals surface area contributed by atoms with Gasteiger partial charge in [0.25, 0.3) is 0 Å². The van der Waals surface area contributed by atoms with E-state index in [9.17, 15) is 0 Å². The Hall–Kier alpha value is -1.36. The minimum atomic E-state index is 0.580. The Morgan fingerprint density at radius 2 is 2.11 bits per heavy atom. The van der Waals surface area contributed by atoms with Gasteiger partial charge in [-0.3, -0.25) is 4.90 Å². The first-order chi connectivity index (χ1) is 9.13. The minimum absolute atomic E-state index is 0.580. The topological polar surface area (TPSA) is 44.3 Å². The summed E-state index contributed by atoms with van der Waals surface area (Å²) in [6.07, 6.45) is 0. The molecule has 0 amide bonds. The molecule has 1 N–H and O–H groups in total. The van der Waals surface area contributed by atoms with Crippen LogP contribution in [0.1, 0.15) is 26.5 Å². The predicted octanol–water partition coefficient (Wildman–Crippen LogP) is 1.75. The highest BCUT2D eigenvalue weighted by Crippen LogP contribution is 2.19. The SMILES string of the molecule is CCNc1nc(C)cc(N2CCN(CC)C(C)C2)n1. The summed E-state index contributed by atoms with van der Waals surface area (Å²) in [5, 5.41) is 3.20. The molecule has 1 aliphatic heterocycles. The lowest BCUT2D eigenvalue weighted by molar-refractivity contribution is 0.199. The van der Waals surface area contributed by atoms with E-state index in [-0.39, 0.29) is 0 Å². The summed E-state index contributed by atoms with van der Waals surface area (Å²) >= 11 is 0. The molecule has 5 nitrogen and oxygen atoms in total. The molecule has 1 aromatic rings. The maximum atomic E-state index is 4.62. The molecule has 0 radical (unpaired) electrons. The molecule has 0 aromatic carbocycles. The van der Waals surface area contributed by atoms with Crippen LogP contribution in [0.2, 0.25) is 0 Å². The molecule has 0 bridgehead atoms. The average Bonchev–Trinajstić information content (AvgIpc) is 2.38. The molecule has 1 fully saturated rings. The summed E-state index contributed by atoms with van der Waals surface area (Å²) < 4.78 is 0. The van der Waals surface area contributed by atoms with E-state index in [1.54, 1.807) is 0 Å². The van der Waals surface area contributed by atoms with E-state index in [0.717, 1.165) is 50.2 Å². The third-order valence-electron chi connectivity index (χ3n) is 3.67. The van der Waals surface area contributed by atoms with Gasteiger partial charge in [0.1, 0.15) is 5.82 Å². The normalized spacial score (nSPS) is 20.6. The van der Waals surface area contributed by atoms with Crippen LogP contribution in [-0.2, 0) is 0 Å². The molecule has 0 aliphatic carbocycles. The fourth-order valence-corrected chi connectivity index (χ4v) is 2.62. The van der Waals surface area contributed by atoms with Gasteiger partial charge in [0.2, 0.25) is 5.95 Å². The Balaban J connectivity index is 2.13. The number of nitrogens with zero attached hydrogens (tertiary/aromatic N) is 4. The first-order valence-corrected chi connectivity index (χ1v) is 7.22. The van der Waals surface area contributed by atoms with Gasteiger partial charge in [-0.1, -0.05) is 6.92 Å². The third-order valence-corrected chi connectivity index (χ3v) is 3.67. The van der Waals surface area contributed by atoms with E-state index < -0.39 is 0 Å². The Morgan fingerprint density at radius 1 is 1.32 bits per heavy atom. The highest BCUT2D eigenvalue weighted by molar-refractivity contribution is 5.45. The van der Waals surface area contributed by atoms with Crippen LogP contribution in [0.3, 0.4) is 0 Å². The molecule has 1 unspecified atom stereocenters. The van der Waals surface area contributed by atoms with Gasteiger partial charge in [-0.15, -0.1) is 0 Å². The second kappa shape index (κ2) is 6.19. The first kappa shape index (κ1) is 14.1. The summed E-state index contributed by atoms with van der Waals surface area (Å²) in [5.74, 6) is 1.79. The molecular formula is C14H25N5. The zero-order valence-electron chi connectivity index (χ0n) is 12.5. The van der Waals surface area contributed by atoms with Crippen molar-refractivity contribution in [3.05, 3.63) is 11.8 Å². The number of likely N-dealkylation sites (N-methyl/N-ethyl adjacent to an activating group) is 1. The van der Waals surface area contributed by atoms with Crippen LogP contribution in [0.15, 0.2) is 6.07 Å². The number of anilines is 2. The molecule has 106 valence electrons. The zero-order chi connectivity index (χ0) is 13.8.